The number of amides is 1. The molecular weight excluding hydrogens is 398 g/mol. The van der Waals surface area contributed by atoms with Gasteiger partial charge in [0.2, 0.25) is 5.76 Å². The molecule has 8 heteroatoms. The topological polar surface area (TPSA) is 107 Å². The van der Waals surface area contributed by atoms with Gasteiger partial charge in [-0.2, -0.15) is 0 Å². The molecule has 152 valence electrons. The smallest absolute Gasteiger partial charge is 0.296 e. The first-order valence-electron chi connectivity index (χ1n) is 9.52. The third-order valence-electron chi connectivity index (χ3n) is 5.32. The van der Waals surface area contributed by atoms with Crippen LogP contribution < -0.4 is 10.3 Å². The van der Waals surface area contributed by atoms with Gasteiger partial charge in [-0.25, -0.2) is 4.98 Å². The van der Waals surface area contributed by atoms with E-state index >= 15 is 0 Å². The van der Waals surface area contributed by atoms with E-state index in [4.69, 9.17) is 4.42 Å². The van der Waals surface area contributed by atoms with Crippen molar-refractivity contribution in [1.82, 2.24) is 4.98 Å². The summed E-state index contributed by atoms with van der Waals surface area (Å²) in [4.78, 5) is 43.3. The predicted molar refractivity (Wildman–Crippen MR) is 113 cm³/mol. The summed E-state index contributed by atoms with van der Waals surface area (Å²) >= 11 is 0. The molecule has 3 heterocycles. The van der Waals surface area contributed by atoms with Crippen molar-refractivity contribution >= 4 is 28.4 Å². The standard InChI is InChI=1S/C23H15N3O5/c1-13-9-10-18(24-12-13)25-20(14-5-4-6-15(11-14)26(29)30)19-21(27)16-7-2-3-8-17(16)31-22(19)23(25)28/h2-12,20H,1H3/t20-/m1/s1. The fourth-order valence-electron chi connectivity index (χ4n) is 3.88. The molecule has 1 aliphatic rings. The number of nitrogens with zero attached hydrogens (tertiary/aromatic N) is 3. The van der Waals surface area contributed by atoms with Crippen molar-refractivity contribution in [2.24, 2.45) is 0 Å². The Bertz CT molecular complexity index is 1430. The Labute approximate surface area is 175 Å². The highest BCUT2D eigenvalue weighted by molar-refractivity contribution is 6.10. The molecule has 0 saturated heterocycles. The van der Waals surface area contributed by atoms with Crippen LogP contribution >= 0.6 is 0 Å². The van der Waals surface area contributed by atoms with Crippen molar-refractivity contribution in [1.29, 1.82) is 0 Å². The minimum absolute atomic E-state index is 0.0809. The molecule has 0 unspecified atom stereocenters. The van der Waals surface area contributed by atoms with Gasteiger partial charge in [0.15, 0.2) is 5.43 Å². The molecule has 0 radical (unpaired) electrons. The number of aromatic nitrogens is 1. The summed E-state index contributed by atoms with van der Waals surface area (Å²) in [5.41, 5.74) is 1.28. The number of hydrogen-bond acceptors (Lipinski definition) is 6. The van der Waals surface area contributed by atoms with Gasteiger partial charge in [-0.15, -0.1) is 0 Å². The summed E-state index contributed by atoms with van der Waals surface area (Å²) in [6, 6.07) is 15.2. The van der Waals surface area contributed by atoms with Gasteiger partial charge in [-0.05, 0) is 36.2 Å². The number of nitro benzene ring substituents is 1. The maximum absolute atomic E-state index is 13.4. The van der Waals surface area contributed by atoms with Crippen LogP contribution in [0.4, 0.5) is 11.5 Å². The van der Waals surface area contributed by atoms with E-state index < -0.39 is 16.9 Å². The molecule has 1 aliphatic heterocycles. The number of non-ortho nitro benzene ring substituents is 1. The Morgan fingerprint density at radius 2 is 1.87 bits per heavy atom. The Balaban J connectivity index is 1.81. The lowest BCUT2D eigenvalue weighted by molar-refractivity contribution is -0.384. The summed E-state index contributed by atoms with van der Waals surface area (Å²) in [5.74, 6) is -0.282. The first-order valence-corrected chi connectivity index (χ1v) is 9.52. The third-order valence-corrected chi connectivity index (χ3v) is 5.32. The number of hydrogen-bond donors (Lipinski definition) is 0. The second-order valence-corrected chi connectivity index (χ2v) is 7.29. The molecule has 2 aromatic heterocycles. The Hall–Kier alpha value is -4.33. The lowest BCUT2D eigenvalue weighted by Crippen LogP contribution is -2.30. The van der Waals surface area contributed by atoms with Gasteiger partial charge >= 0.3 is 0 Å². The van der Waals surface area contributed by atoms with Crippen LogP contribution in [0.5, 0.6) is 0 Å². The van der Waals surface area contributed by atoms with Gasteiger partial charge in [-0.1, -0.05) is 30.3 Å². The van der Waals surface area contributed by atoms with E-state index in [0.717, 1.165) is 5.56 Å². The molecule has 0 spiro atoms. The molecule has 31 heavy (non-hydrogen) atoms. The van der Waals surface area contributed by atoms with E-state index in [2.05, 4.69) is 4.98 Å². The van der Waals surface area contributed by atoms with Crippen molar-refractivity contribution < 1.29 is 14.1 Å². The summed E-state index contributed by atoms with van der Waals surface area (Å²) in [7, 11) is 0. The minimum atomic E-state index is -0.904. The van der Waals surface area contributed by atoms with Gasteiger partial charge in [0, 0.05) is 18.3 Å². The molecule has 1 atom stereocenters. The van der Waals surface area contributed by atoms with Crippen LogP contribution in [0, 0.1) is 17.0 Å². The summed E-state index contributed by atoms with van der Waals surface area (Å²) in [5, 5.41) is 11.7. The van der Waals surface area contributed by atoms with E-state index in [1.165, 1.54) is 23.1 Å². The maximum Gasteiger partial charge on any atom is 0.296 e. The van der Waals surface area contributed by atoms with Crippen LogP contribution in [0.3, 0.4) is 0 Å². The minimum Gasteiger partial charge on any atom is -0.450 e. The van der Waals surface area contributed by atoms with Crippen LogP contribution in [-0.2, 0) is 0 Å². The average molecular weight is 413 g/mol. The zero-order valence-corrected chi connectivity index (χ0v) is 16.3. The van der Waals surface area contributed by atoms with Gasteiger partial charge in [0.25, 0.3) is 11.6 Å². The molecule has 8 nitrogen and oxygen atoms in total. The molecule has 2 aromatic carbocycles. The normalized spacial score (nSPS) is 15.3. The van der Waals surface area contributed by atoms with Crippen molar-refractivity contribution in [2.75, 3.05) is 4.90 Å². The van der Waals surface area contributed by atoms with Crippen LogP contribution in [-0.4, -0.2) is 15.8 Å². The van der Waals surface area contributed by atoms with E-state index in [0.29, 0.717) is 22.4 Å². The molecule has 1 amide bonds. The van der Waals surface area contributed by atoms with Crippen molar-refractivity contribution in [2.45, 2.75) is 13.0 Å². The quantitative estimate of drug-likeness (QED) is 0.369. The molecular formula is C23H15N3O5. The van der Waals surface area contributed by atoms with Gasteiger partial charge in [0.05, 0.1) is 21.9 Å². The van der Waals surface area contributed by atoms with Crippen LogP contribution in [0.25, 0.3) is 11.0 Å². The van der Waals surface area contributed by atoms with Crippen molar-refractivity contribution in [3.63, 3.8) is 0 Å². The fourth-order valence-corrected chi connectivity index (χ4v) is 3.88. The first kappa shape index (κ1) is 18.7. The van der Waals surface area contributed by atoms with Gasteiger partial charge in [-0.3, -0.25) is 24.6 Å². The number of carbonyl (C=O) groups is 1. The van der Waals surface area contributed by atoms with E-state index in [1.807, 2.05) is 6.92 Å². The third kappa shape index (κ3) is 2.88. The molecule has 0 N–H and O–H groups in total. The number of para-hydroxylation sites is 1. The zero-order chi connectivity index (χ0) is 21.7. The molecule has 0 fully saturated rings. The highest BCUT2D eigenvalue weighted by atomic mass is 16.6. The van der Waals surface area contributed by atoms with Crippen molar-refractivity contribution in [3.8, 4) is 0 Å². The largest absolute Gasteiger partial charge is 0.450 e. The average Bonchev–Trinajstić information content (AvgIpc) is 3.07. The molecule has 0 bridgehead atoms. The first-order chi connectivity index (χ1) is 15.0. The van der Waals surface area contributed by atoms with Gasteiger partial charge in [0.1, 0.15) is 11.4 Å². The second kappa shape index (κ2) is 6.88. The number of rotatable bonds is 3. The van der Waals surface area contributed by atoms with Gasteiger partial charge < -0.3 is 4.42 Å². The number of pyridine rings is 1. The van der Waals surface area contributed by atoms with Crippen LogP contribution in [0.1, 0.15) is 33.3 Å². The number of fused-ring (bicyclic) bond motifs is 2. The second-order valence-electron chi connectivity index (χ2n) is 7.29. The monoisotopic (exact) mass is 413 g/mol. The molecule has 4 aromatic rings. The Morgan fingerprint density at radius 3 is 2.61 bits per heavy atom. The Morgan fingerprint density at radius 1 is 1.06 bits per heavy atom. The number of carbonyl (C=O) groups excluding carboxylic acids is 1. The molecule has 0 aliphatic carbocycles. The van der Waals surface area contributed by atoms with Crippen molar-refractivity contribution in [3.05, 3.63) is 110 Å². The summed E-state index contributed by atoms with van der Waals surface area (Å²) in [6.45, 7) is 1.87. The van der Waals surface area contributed by atoms with Crippen LogP contribution in [0.15, 0.2) is 76.1 Å². The summed E-state index contributed by atoms with van der Waals surface area (Å²) in [6.07, 6.45) is 1.61. The SMILES string of the molecule is Cc1ccc(N2C(=O)c3oc4ccccc4c(=O)c3[C@H]2c2cccc([N+](=O)[O-])c2)nc1. The number of benzene rings is 2. The summed E-state index contributed by atoms with van der Waals surface area (Å²) < 4.78 is 5.85. The lowest BCUT2D eigenvalue weighted by atomic mass is 9.98. The van der Waals surface area contributed by atoms with E-state index in [1.54, 1.807) is 48.7 Å². The van der Waals surface area contributed by atoms with E-state index in [9.17, 15) is 19.7 Å². The maximum atomic E-state index is 13.4. The highest BCUT2D eigenvalue weighted by Crippen LogP contribution is 2.41. The van der Waals surface area contributed by atoms with E-state index in [-0.39, 0.29) is 22.4 Å². The fraction of sp³-hybridized carbons (Fsp3) is 0.0870. The van der Waals surface area contributed by atoms with Crippen LogP contribution in [0.2, 0.25) is 0 Å². The lowest BCUT2D eigenvalue weighted by Gasteiger charge is -2.24. The highest BCUT2D eigenvalue weighted by Gasteiger charge is 2.44. The number of nitro groups is 1. The molecule has 0 saturated carbocycles. The number of aryl methyl sites for hydroxylation is 1. The predicted octanol–water partition coefficient (Wildman–Crippen LogP) is 4.15. The zero-order valence-electron chi connectivity index (χ0n) is 16.3. The molecule has 5 rings (SSSR count). The number of anilines is 1. The Kier molecular flexibility index (Phi) is 4.14.